The Kier molecular flexibility index (Phi) is 4.35. The summed E-state index contributed by atoms with van der Waals surface area (Å²) in [6.45, 7) is 4.19. The standard InChI is InChI=1S/C10H20N2O2/c1-8-9(7-11)6-10(13)12(8)4-3-5-14-2/h8-9H,3-7,11H2,1-2H3. The van der Waals surface area contributed by atoms with Crippen molar-refractivity contribution in [3.63, 3.8) is 0 Å². The highest BCUT2D eigenvalue weighted by Crippen LogP contribution is 2.24. The molecule has 0 aliphatic carbocycles. The van der Waals surface area contributed by atoms with E-state index in [2.05, 4.69) is 6.92 Å². The van der Waals surface area contributed by atoms with Crippen LogP contribution in [0.25, 0.3) is 0 Å². The van der Waals surface area contributed by atoms with Gasteiger partial charge >= 0.3 is 0 Å². The molecule has 82 valence electrons. The molecule has 0 aromatic rings. The topological polar surface area (TPSA) is 55.6 Å². The minimum absolute atomic E-state index is 0.240. The zero-order valence-electron chi connectivity index (χ0n) is 9.03. The number of amides is 1. The van der Waals surface area contributed by atoms with Gasteiger partial charge in [-0.1, -0.05) is 0 Å². The Hall–Kier alpha value is -0.610. The summed E-state index contributed by atoms with van der Waals surface area (Å²) in [5.74, 6) is 0.578. The second-order valence-electron chi connectivity index (χ2n) is 3.87. The molecule has 0 aromatic carbocycles. The monoisotopic (exact) mass is 200 g/mol. The van der Waals surface area contributed by atoms with Crippen LogP contribution >= 0.6 is 0 Å². The number of ether oxygens (including phenoxy) is 1. The van der Waals surface area contributed by atoms with Gasteiger partial charge in [0.1, 0.15) is 0 Å². The van der Waals surface area contributed by atoms with Gasteiger partial charge in [-0.15, -0.1) is 0 Å². The van der Waals surface area contributed by atoms with Gasteiger partial charge in [0.2, 0.25) is 5.91 Å². The molecule has 0 saturated carbocycles. The number of hydrogen-bond donors (Lipinski definition) is 1. The second-order valence-corrected chi connectivity index (χ2v) is 3.87. The van der Waals surface area contributed by atoms with Crippen molar-refractivity contribution in [3.05, 3.63) is 0 Å². The molecule has 4 heteroatoms. The lowest BCUT2D eigenvalue weighted by atomic mass is 10.0. The van der Waals surface area contributed by atoms with Crippen LogP contribution in [0.2, 0.25) is 0 Å². The van der Waals surface area contributed by atoms with Crippen molar-refractivity contribution >= 4 is 5.91 Å². The average molecular weight is 200 g/mol. The third-order valence-electron chi connectivity index (χ3n) is 2.98. The van der Waals surface area contributed by atoms with E-state index in [0.29, 0.717) is 31.5 Å². The van der Waals surface area contributed by atoms with Crippen molar-refractivity contribution in [2.75, 3.05) is 26.8 Å². The lowest BCUT2D eigenvalue weighted by molar-refractivity contribution is -0.128. The Balaban J connectivity index is 2.40. The van der Waals surface area contributed by atoms with Crippen molar-refractivity contribution in [3.8, 4) is 0 Å². The highest BCUT2D eigenvalue weighted by atomic mass is 16.5. The highest BCUT2D eigenvalue weighted by molar-refractivity contribution is 5.79. The smallest absolute Gasteiger partial charge is 0.223 e. The molecule has 1 heterocycles. The molecule has 2 atom stereocenters. The van der Waals surface area contributed by atoms with Crippen molar-refractivity contribution in [1.82, 2.24) is 4.90 Å². The lowest BCUT2D eigenvalue weighted by Gasteiger charge is -2.24. The summed E-state index contributed by atoms with van der Waals surface area (Å²) in [6, 6.07) is 0.296. The fourth-order valence-electron chi connectivity index (χ4n) is 1.98. The van der Waals surface area contributed by atoms with Crippen molar-refractivity contribution in [2.45, 2.75) is 25.8 Å². The summed E-state index contributed by atoms with van der Waals surface area (Å²) >= 11 is 0. The molecule has 1 aliphatic rings. The van der Waals surface area contributed by atoms with Gasteiger partial charge in [0.05, 0.1) is 0 Å². The first-order valence-corrected chi connectivity index (χ1v) is 5.19. The van der Waals surface area contributed by atoms with Crippen LogP contribution in [0.4, 0.5) is 0 Å². The van der Waals surface area contributed by atoms with Crippen LogP contribution in [0.15, 0.2) is 0 Å². The molecular weight excluding hydrogens is 180 g/mol. The van der Waals surface area contributed by atoms with E-state index in [4.69, 9.17) is 10.5 Å². The molecule has 2 unspecified atom stereocenters. The van der Waals surface area contributed by atoms with Crippen LogP contribution in [0.1, 0.15) is 19.8 Å². The summed E-state index contributed by atoms with van der Waals surface area (Å²) in [5, 5.41) is 0. The number of methoxy groups -OCH3 is 1. The quantitative estimate of drug-likeness (QED) is 0.646. The number of nitrogens with zero attached hydrogens (tertiary/aromatic N) is 1. The Bertz CT molecular complexity index is 197. The maximum absolute atomic E-state index is 11.6. The summed E-state index contributed by atoms with van der Waals surface area (Å²) in [4.78, 5) is 13.5. The van der Waals surface area contributed by atoms with Gasteiger partial charge in [-0.05, 0) is 19.9 Å². The molecule has 2 N–H and O–H groups in total. The maximum Gasteiger partial charge on any atom is 0.223 e. The second kappa shape index (κ2) is 5.32. The molecule has 14 heavy (non-hydrogen) atoms. The van der Waals surface area contributed by atoms with E-state index < -0.39 is 0 Å². The molecule has 4 nitrogen and oxygen atoms in total. The maximum atomic E-state index is 11.6. The van der Waals surface area contributed by atoms with Gasteiger partial charge in [0.15, 0.2) is 0 Å². The van der Waals surface area contributed by atoms with E-state index in [1.54, 1.807) is 7.11 Å². The predicted molar refractivity (Wildman–Crippen MR) is 54.8 cm³/mol. The number of likely N-dealkylation sites (tertiary alicyclic amines) is 1. The Labute approximate surface area is 85.4 Å². The fraction of sp³-hybridized carbons (Fsp3) is 0.900. The van der Waals surface area contributed by atoms with E-state index in [1.165, 1.54) is 0 Å². The van der Waals surface area contributed by atoms with E-state index in [0.717, 1.165) is 13.0 Å². The molecule has 0 radical (unpaired) electrons. The average Bonchev–Trinajstić information content (AvgIpc) is 2.45. The summed E-state index contributed by atoms with van der Waals surface area (Å²) in [5.41, 5.74) is 5.60. The van der Waals surface area contributed by atoms with Crippen molar-refractivity contribution in [1.29, 1.82) is 0 Å². The minimum Gasteiger partial charge on any atom is -0.385 e. The van der Waals surface area contributed by atoms with E-state index in [-0.39, 0.29) is 5.91 Å². The molecular formula is C10H20N2O2. The number of nitrogens with two attached hydrogens (primary N) is 1. The van der Waals surface area contributed by atoms with E-state index in [1.807, 2.05) is 4.90 Å². The first-order chi connectivity index (χ1) is 6.70. The predicted octanol–water partition coefficient (Wildman–Crippen LogP) is 0.219. The van der Waals surface area contributed by atoms with Crippen LogP contribution in [-0.4, -0.2) is 43.7 Å². The first kappa shape index (κ1) is 11.5. The summed E-state index contributed by atoms with van der Waals surface area (Å²) < 4.78 is 4.96. The molecule has 1 amide bonds. The summed E-state index contributed by atoms with van der Waals surface area (Å²) in [7, 11) is 1.68. The van der Waals surface area contributed by atoms with Gasteiger partial charge in [0.25, 0.3) is 0 Å². The number of hydrogen-bond acceptors (Lipinski definition) is 3. The number of carbonyl (C=O) groups excluding carboxylic acids is 1. The number of carbonyl (C=O) groups is 1. The lowest BCUT2D eigenvalue weighted by Crippen LogP contribution is -2.35. The van der Waals surface area contributed by atoms with E-state index >= 15 is 0 Å². The molecule has 1 aliphatic heterocycles. The van der Waals surface area contributed by atoms with Crippen LogP contribution < -0.4 is 5.73 Å². The van der Waals surface area contributed by atoms with Gasteiger partial charge in [-0.3, -0.25) is 4.79 Å². The zero-order valence-corrected chi connectivity index (χ0v) is 9.03. The zero-order chi connectivity index (χ0) is 10.6. The molecule has 0 aromatic heterocycles. The SMILES string of the molecule is COCCCN1C(=O)CC(CN)C1C. The largest absolute Gasteiger partial charge is 0.385 e. The Morgan fingerprint density at radius 2 is 2.36 bits per heavy atom. The Morgan fingerprint density at radius 1 is 1.64 bits per heavy atom. The van der Waals surface area contributed by atoms with Gasteiger partial charge in [-0.2, -0.15) is 0 Å². The first-order valence-electron chi connectivity index (χ1n) is 5.19. The van der Waals surface area contributed by atoms with Gasteiger partial charge in [0, 0.05) is 38.6 Å². The van der Waals surface area contributed by atoms with Crippen molar-refractivity contribution in [2.24, 2.45) is 11.7 Å². The van der Waals surface area contributed by atoms with Crippen LogP contribution in [0, 0.1) is 5.92 Å². The van der Waals surface area contributed by atoms with Crippen LogP contribution in [0.3, 0.4) is 0 Å². The molecule has 0 spiro atoms. The molecule has 1 rings (SSSR count). The van der Waals surface area contributed by atoms with Gasteiger partial charge < -0.3 is 15.4 Å². The highest BCUT2D eigenvalue weighted by Gasteiger charge is 2.34. The third kappa shape index (κ3) is 2.45. The number of rotatable bonds is 5. The van der Waals surface area contributed by atoms with E-state index in [9.17, 15) is 4.79 Å². The third-order valence-corrected chi connectivity index (χ3v) is 2.98. The van der Waals surface area contributed by atoms with Gasteiger partial charge in [-0.25, -0.2) is 0 Å². The van der Waals surface area contributed by atoms with Crippen LogP contribution in [-0.2, 0) is 9.53 Å². The molecule has 1 fully saturated rings. The van der Waals surface area contributed by atoms with Crippen molar-refractivity contribution < 1.29 is 9.53 Å². The normalized spacial score (nSPS) is 27.4. The summed E-state index contributed by atoms with van der Waals surface area (Å²) in [6.07, 6.45) is 1.52. The minimum atomic E-state index is 0.240. The van der Waals surface area contributed by atoms with Crippen LogP contribution in [0.5, 0.6) is 0 Å². The molecule has 1 saturated heterocycles. The molecule has 0 bridgehead atoms. The Morgan fingerprint density at radius 3 is 2.86 bits per heavy atom. The fourth-order valence-corrected chi connectivity index (χ4v) is 1.98.